The number of benzene rings is 1. The minimum atomic E-state index is -5.71. The number of hydrogen-bond acceptors (Lipinski definition) is 4. The van der Waals surface area contributed by atoms with Crippen molar-refractivity contribution in [1.82, 2.24) is 0 Å². The van der Waals surface area contributed by atoms with E-state index in [1.807, 2.05) is 13.8 Å². The van der Waals surface area contributed by atoms with Crippen molar-refractivity contribution >= 4 is 15.9 Å². The number of halogens is 3. The van der Waals surface area contributed by atoms with E-state index in [-0.39, 0.29) is 16.7 Å². The third-order valence-electron chi connectivity index (χ3n) is 3.50. The second-order valence-corrected chi connectivity index (χ2v) is 7.09. The summed E-state index contributed by atoms with van der Waals surface area (Å²) in [6.07, 6.45) is 1.71. The number of hydrogen-bond donors (Lipinski definition) is 0. The van der Waals surface area contributed by atoms with Gasteiger partial charge in [-0.25, -0.2) is 0 Å². The van der Waals surface area contributed by atoms with Crippen LogP contribution in [-0.4, -0.2) is 21.0 Å². The number of ether oxygens (including phenoxy) is 1. The number of rotatable bonds is 3. The molecule has 0 heterocycles. The van der Waals surface area contributed by atoms with Crippen LogP contribution in [0.2, 0.25) is 0 Å². The molecular formula is C14H15F3O4S. The van der Waals surface area contributed by atoms with E-state index in [2.05, 4.69) is 4.18 Å². The minimum Gasteiger partial charge on any atom is -0.497 e. The first-order valence-corrected chi connectivity index (χ1v) is 7.78. The number of methoxy groups -OCH3 is 1. The largest absolute Gasteiger partial charge is 0.534 e. The number of fused-ring (bicyclic) bond motifs is 1. The maximum atomic E-state index is 12.5. The Bertz CT molecular complexity index is 718. The van der Waals surface area contributed by atoms with E-state index in [0.29, 0.717) is 17.7 Å². The maximum Gasteiger partial charge on any atom is 0.534 e. The molecule has 0 unspecified atom stereocenters. The van der Waals surface area contributed by atoms with Gasteiger partial charge in [0.1, 0.15) is 11.5 Å². The fraction of sp³-hybridized carbons (Fsp3) is 0.429. The van der Waals surface area contributed by atoms with Crippen molar-refractivity contribution in [1.29, 1.82) is 0 Å². The molecule has 0 spiro atoms. The molecule has 4 nitrogen and oxygen atoms in total. The van der Waals surface area contributed by atoms with E-state index in [1.54, 1.807) is 12.1 Å². The molecule has 1 aromatic rings. The van der Waals surface area contributed by atoms with Gasteiger partial charge in [0.05, 0.1) is 7.11 Å². The van der Waals surface area contributed by atoms with Crippen molar-refractivity contribution in [2.24, 2.45) is 0 Å². The molecule has 0 saturated carbocycles. The van der Waals surface area contributed by atoms with Gasteiger partial charge in [-0.2, -0.15) is 21.6 Å². The normalized spacial score (nSPS) is 17.5. The van der Waals surface area contributed by atoms with Gasteiger partial charge in [0, 0.05) is 5.56 Å². The summed E-state index contributed by atoms with van der Waals surface area (Å²) in [6.45, 7) is 3.81. The lowest BCUT2D eigenvalue weighted by Crippen LogP contribution is -2.27. The van der Waals surface area contributed by atoms with Gasteiger partial charge in [0.25, 0.3) is 0 Å². The molecule has 0 N–H and O–H groups in total. The average molecular weight is 336 g/mol. The Hall–Kier alpha value is -1.70. The molecule has 0 atom stereocenters. The Kier molecular flexibility index (Phi) is 3.93. The Labute approximate surface area is 126 Å². The summed E-state index contributed by atoms with van der Waals surface area (Å²) in [6, 6.07) is 4.83. The van der Waals surface area contributed by atoms with Crippen LogP contribution in [0.3, 0.4) is 0 Å². The second kappa shape index (κ2) is 5.19. The van der Waals surface area contributed by atoms with Crippen LogP contribution in [0, 0.1) is 0 Å². The molecule has 1 aromatic carbocycles. The molecule has 1 aliphatic carbocycles. The van der Waals surface area contributed by atoms with Crippen molar-refractivity contribution in [3.8, 4) is 5.75 Å². The summed E-state index contributed by atoms with van der Waals surface area (Å²) in [7, 11) is -4.30. The minimum absolute atomic E-state index is 0.281. The Balaban J connectivity index is 2.51. The van der Waals surface area contributed by atoms with Crippen LogP contribution in [0.1, 0.15) is 31.4 Å². The van der Waals surface area contributed by atoms with E-state index in [1.165, 1.54) is 19.3 Å². The summed E-state index contributed by atoms with van der Waals surface area (Å²) in [5.74, 6) is 0.0703. The van der Waals surface area contributed by atoms with Crippen molar-refractivity contribution in [2.75, 3.05) is 7.11 Å². The molecule has 0 amide bonds. The third kappa shape index (κ3) is 2.92. The zero-order chi connectivity index (χ0) is 16.8. The van der Waals surface area contributed by atoms with Crippen LogP contribution >= 0.6 is 0 Å². The molecule has 0 fully saturated rings. The summed E-state index contributed by atoms with van der Waals surface area (Å²) in [4.78, 5) is 0. The topological polar surface area (TPSA) is 52.6 Å². The highest BCUT2D eigenvalue weighted by atomic mass is 32.2. The Morgan fingerprint density at radius 2 is 1.86 bits per heavy atom. The van der Waals surface area contributed by atoms with Crippen molar-refractivity contribution in [2.45, 2.75) is 31.2 Å². The highest BCUT2D eigenvalue weighted by Crippen LogP contribution is 2.42. The summed E-state index contributed by atoms with van der Waals surface area (Å²) in [5, 5.41) is 0. The predicted octanol–water partition coefficient (Wildman–Crippen LogP) is 3.58. The molecule has 0 bridgehead atoms. The quantitative estimate of drug-likeness (QED) is 0.625. The van der Waals surface area contributed by atoms with Gasteiger partial charge in [0.15, 0.2) is 0 Å². The highest BCUT2D eigenvalue weighted by Gasteiger charge is 2.49. The van der Waals surface area contributed by atoms with Crippen LogP contribution in [0.15, 0.2) is 24.3 Å². The van der Waals surface area contributed by atoms with Crippen LogP contribution < -0.4 is 4.74 Å². The fourth-order valence-corrected chi connectivity index (χ4v) is 2.75. The number of alkyl halides is 3. The monoisotopic (exact) mass is 336 g/mol. The van der Waals surface area contributed by atoms with Crippen LogP contribution in [0.25, 0.3) is 5.76 Å². The second-order valence-electron chi connectivity index (χ2n) is 5.55. The molecule has 8 heteroatoms. The fourth-order valence-electron chi connectivity index (χ4n) is 2.26. The molecule has 0 aliphatic heterocycles. The van der Waals surface area contributed by atoms with Crippen LogP contribution in [-0.2, 0) is 19.7 Å². The molecule has 0 aromatic heterocycles. The van der Waals surface area contributed by atoms with Gasteiger partial charge < -0.3 is 8.92 Å². The molecule has 22 heavy (non-hydrogen) atoms. The average Bonchev–Trinajstić information content (AvgIpc) is 2.40. The third-order valence-corrected chi connectivity index (χ3v) is 4.47. The Morgan fingerprint density at radius 3 is 2.41 bits per heavy atom. The maximum absolute atomic E-state index is 12.5. The first kappa shape index (κ1) is 16.7. The van der Waals surface area contributed by atoms with Gasteiger partial charge in [-0.3, -0.25) is 0 Å². The summed E-state index contributed by atoms with van der Waals surface area (Å²) < 4.78 is 69.3. The van der Waals surface area contributed by atoms with Crippen molar-refractivity contribution in [3.05, 3.63) is 35.4 Å². The van der Waals surface area contributed by atoms with Crippen molar-refractivity contribution in [3.63, 3.8) is 0 Å². The van der Waals surface area contributed by atoms with Crippen LogP contribution in [0.4, 0.5) is 13.2 Å². The highest BCUT2D eigenvalue weighted by molar-refractivity contribution is 7.87. The molecule has 122 valence electrons. The van der Waals surface area contributed by atoms with E-state index < -0.39 is 15.6 Å². The van der Waals surface area contributed by atoms with E-state index in [9.17, 15) is 21.6 Å². The lowest BCUT2D eigenvalue weighted by molar-refractivity contribution is -0.0509. The smallest absolute Gasteiger partial charge is 0.497 e. The molecule has 2 rings (SSSR count). The van der Waals surface area contributed by atoms with Gasteiger partial charge in [-0.05, 0) is 35.6 Å². The summed E-state index contributed by atoms with van der Waals surface area (Å²) in [5.41, 5.74) is -4.84. The summed E-state index contributed by atoms with van der Waals surface area (Å²) >= 11 is 0. The standard InChI is InChI=1S/C14H15F3O4S/c1-13(2)7-6-12(21-22(18,19)14(15,16)17)10-8-9(20-3)4-5-11(10)13/h4-6,8H,7H2,1-3H3. The lowest BCUT2D eigenvalue weighted by Gasteiger charge is -2.31. The zero-order valence-electron chi connectivity index (χ0n) is 12.2. The van der Waals surface area contributed by atoms with Gasteiger partial charge in [0.2, 0.25) is 0 Å². The molecular weight excluding hydrogens is 321 g/mol. The van der Waals surface area contributed by atoms with E-state index in [4.69, 9.17) is 4.74 Å². The zero-order valence-corrected chi connectivity index (χ0v) is 13.0. The molecule has 0 radical (unpaired) electrons. The molecule has 0 saturated heterocycles. The SMILES string of the molecule is COc1ccc2c(c1)C(OS(=O)(=O)C(F)(F)F)=CCC2(C)C. The van der Waals surface area contributed by atoms with E-state index >= 15 is 0 Å². The van der Waals surface area contributed by atoms with Crippen molar-refractivity contribution < 1.29 is 30.5 Å². The molecule has 1 aliphatic rings. The van der Waals surface area contributed by atoms with Crippen LogP contribution in [0.5, 0.6) is 5.75 Å². The predicted molar refractivity (Wildman–Crippen MR) is 74.7 cm³/mol. The Morgan fingerprint density at radius 1 is 1.23 bits per heavy atom. The number of allylic oxidation sites excluding steroid dienone is 1. The van der Waals surface area contributed by atoms with Gasteiger partial charge in [-0.15, -0.1) is 0 Å². The van der Waals surface area contributed by atoms with E-state index in [0.717, 1.165) is 0 Å². The lowest BCUT2D eigenvalue weighted by atomic mass is 9.75. The first-order chi connectivity index (χ1) is 9.98. The van der Waals surface area contributed by atoms with Gasteiger partial charge >= 0.3 is 15.6 Å². The first-order valence-electron chi connectivity index (χ1n) is 6.38. The van der Waals surface area contributed by atoms with Gasteiger partial charge in [-0.1, -0.05) is 19.9 Å².